The minimum Gasteiger partial charge on any atom is -1.00 e. The van der Waals surface area contributed by atoms with Gasteiger partial charge >= 0.3 is 0 Å². The molecule has 0 aliphatic rings. The van der Waals surface area contributed by atoms with Crippen molar-refractivity contribution in [2.24, 2.45) is 5.41 Å². The molecule has 1 atom stereocenters. The molecule has 134 valence electrons. The van der Waals surface area contributed by atoms with E-state index in [1.165, 1.54) is 5.56 Å². The zero-order chi connectivity index (χ0) is 16.8. The lowest BCUT2D eigenvalue weighted by atomic mass is 9.82. The quantitative estimate of drug-likeness (QED) is 0.734. The van der Waals surface area contributed by atoms with Crippen molar-refractivity contribution in [3.63, 3.8) is 0 Å². The van der Waals surface area contributed by atoms with Gasteiger partial charge in [0.15, 0.2) is 0 Å². The number of ether oxygens (including phenoxy) is 1. The molecule has 23 heavy (non-hydrogen) atoms. The molecule has 1 unspecified atom stereocenters. The maximum atomic E-state index is 10.1. The fourth-order valence-corrected chi connectivity index (χ4v) is 2.86. The Morgan fingerprint density at radius 2 is 1.65 bits per heavy atom. The van der Waals surface area contributed by atoms with Crippen LogP contribution in [0.25, 0.3) is 0 Å². The molecule has 0 aromatic heterocycles. The standard InChI is InChI=1S/C19H33NO2.ClH/c1-7-15-8-10-17(11-9-15)22-13-16(21)12-20-19(5,6)14-18(2,3)4;/h8-11,16,20-21H,7,12-14H2,1-6H3;1H/p-1. The lowest BCUT2D eigenvalue weighted by Crippen LogP contribution is -3.00. The van der Waals surface area contributed by atoms with Crippen molar-refractivity contribution >= 4 is 0 Å². The molecule has 0 radical (unpaired) electrons. The van der Waals surface area contributed by atoms with Crippen LogP contribution in [0, 0.1) is 5.41 Å². The average Bonchev–Trinajstić information content (AvgIpc) is 2.41. The van der Waals surface area contributed by atoms with Gasteiger partial charge in [0.1, 0.15) is 18.5 Å². The Balaban J connectivity index is 0.00000484. The number of rotatable bonds is 8. The Morgan fingerprint density at radius 1 is 1.09 bits per heavy atom. The van der Waals surface area contributed by atoms with Gasteiger partial charge in [-0.1, -0.05) is 39.8 Å². The van der Waals surface area contributed by atoms with E-state index in [-0.39, 0.29) is 23.4 Å². The second-order valence-electron chi connectivity index (χ2n) is 7.96. The smallest absolute Gasteiger partial charge is 0.119 e. The predicted molar refractivity (Wildman–Crippen MR) is 93.5 cm³/mol. The molecule has 0 amide bonds. The number of hydrogen-bond acceptors (Lipinski definition) is 3. The van der Waals surface area contributed by atoms with Crippen molar-refractivity contribution in [1.29, 1.82) is 0 Å². The normalized spacial score (nSPS) is 13.3. The van der Waals surface area contributed by atoms with Crippen LogP contribution in [0.1, 0.15) is 53.5 Å². The van der Waals surface area contributed by atoms with Gasteiger partial charge in [0.2, 0.25) is 0 Å². The predicted octanol–water partition coefficient (Wildman–Crippen LogP) is 0.797. The van der Waals surface area contributed by atoms with Crippen molar-refractivity contribution < 1.29 is 22.3 Å². The molecule has 4 heteroatoms. The second kappa shape index (κ2) is 9.51. The summed E-state index contributed by atoms with van der Waals surface area (Å²) in [6.07, 6.45) is 1.56. The Morgan fingerprint density at radius 3 is 2.13 bits per heavy atom. The lowest BCUT2D eigenvalue weighted by Gasteiger charge is -2.34. The van der Waals surface area contributed by atoms with Crippen molar-refractivity contribution in [1.82, 2.24) is 5.32 Å². The molecule has 0 fully saturated rings. The lowest BCUT2D eigenvalue weighted by molar-refractivity contribution is -0.00000808. The molecule has 0 saturated carbocycles. The molecule has 0 saturated heterocycles. The zero-order valence-electron chi connectivity index (χ0n) is 15.4. The monoisotopic (exact) mass is 342 g/mol. The van der Waals surface area contributed by atoms with Gasteiger partial charge in [0.25, 0.3) is 0 Å². The molecule has 2 N–H and O–H groups in total. The van der Waals surface area contributed by atoms with Crippen molar-refractivity contribution in [2.75, 3.05) is 13.2 Å². The SMILES string of the molecule is CCc1ccc(OCC(O)CNC(C)(C)CC(C)(C)C)cc1.[Cl-]. The first-order valence-electron chi connectivity index (χ1n) is 8.26. The van der Waals surface area contributed by atoms with Gasteiger partial charge < -0.3 is 27.6 Å². The number of nitrogens with one attached hydrogen (secondary N) is 1. The molecule has 1 rings (SSSR count). The maximum Gasteiger partial charge on any atom is 0.119 e. The van der Waals surface area contributed by atoms with E-state index >= 15 is 0 Å². The molecule has 0 aliphatic carbocycles. The zero-order valence-corrected chi connectivity index (χ0v) is 16.2. The van der Waals surface area contributed by atoms with Crippen LogP contribution in [0.5, 0.6) is 5.75 Å². The highest BCUT2D eigenvalue weighted by Crippen LogP contribution is 2.26. The molecular weight excluding hydrogens is 310 g/mol. The first kappa shape index (κ1) is 22.2. The van der Waals surface area contributed by atoms with Gasteiger partial charge in [-0.3, -0.25) is 0 Å². The summed E-state index contributed by atoms with van der Waals surface area (Å²) in [6.45, 7) is 14.0. The van der Waals surface area contributed by atoms with Crippen LogP contribution in [0.2, 0.25) is 0 Å². The number of β-amino-alcohol motifs (C(OH)–C–C–N with tert-alkyl or cyclic N) is 1. The van der Waals surface area contributed by atoms with Crippen molar-refractivity contribution in [2.45, 2.75) is 66.0 Å². The molecule has 3 nitrogen and oxygen atoms in total. The maximum absolute atomic E-state index is 10.1. The van der Waals surface area contributed by atoms with E-state index in [0.717, 1.165) is 18.6 Å². The third kappa shape index (κ3) is 9.85. The molecular formula is C19H33ClNO2-. The molecule has 1 aromatic carbocycles. The van der Waals surface area contributed by atoms with Gasteiger partial charge in [-0.2, -0.15) is 0 Å². The number of aryl methyl sites for hydroxylation is 1. The summed E-state index contributed by atoms with van der Waals surface area (Å²) in [7, 11) is 0. The summed E-state index contributed by atoms with van der Waals surface area (Å²) in [4.78, 5) is 0. The minimum atomic E-state index is -0.509. The van der Waals surface area contributed by atoms with Crippen LogP contribution in [0.4, 0.5) is 0 Å². The Bertz CT molecular complexity index is 438. The third-order valence-electron chi connectivity index (χ3n) is 3.56. The fourth-order valence-electron chi connectivity index (χ4n) is 2.86. The van der Waals surface area contributed by atoms with Crippen LogP contribution in [-0.2, 0) is 6.42 Å². The minimum absolute atomic E-state index is 0. The second-order valence-corrected chi connectivity index (χ2v) is 7.96. The van der Waals surface area contributed by atoms with Gasteiger partial charge in [0.05, 0.1) is 0 Å². The summed E-state index contributed by atoms with van der Waals surface area (Å²) in [5.41, 5.74) is 1.56. The Hall–Kier alpha value is -0.770. The number of aliphatic hydroxyl groups is 1. The van der Waals surface area contributed by atoms with Crippen LogP contribution in [0.3, 0.4) is 0 Å². The summed E-state index contributed by atoms with van der Waals surface area (Å²) in [6, 6.07) is 8.05. The van der Waals surface area contributed by atoms with Crippen LogP contribution in [-0.4, -0.2) is 29.9 Å². The van der Waals surface area contributed by atoms with Gasteiger partial charge in [0, 0.05) is 12.1 Å². The van der Waals surface area contributed by atoms with E-state index in [4.69, 9.17) is 4.74 Å². The highest BCUT2D eigenvalue weighted by atomic mass is 35.5. The van der Waals surface area contributed by atoms with Crippen LogP contribution >= 0.6 is 0 Å². The number of aliphatic hydroxyl groups excluding tert-OH is 1. The largest absolute Gasteiger partial charge is 1.00 e. The summed E-state index contributed by atoms with van der Waals surface area (Å²) >= 11 is 0. The van der Waals surface area contributed by atoms with E-state index in [1.807, 2.05) is 12.1 Å². The first-order valence-corrected chi connectivity index (χ1v) is 8.26. The van der Waals surface area contributed by atoms with E-state index in [0.29, 0.717) is 13.2 Å². The molecule has 0 bridgehead atoms. The summed E-state index contributed by atoms with van der Waals surface area (Å²) in [5.74, 6) is 0.810. The summed E-state index contributed by atoms with van der Waals surface area (Å²) in [5, 5.41) is 13.5. The molecule has 1 aromatic rings. The number of hydrogen-bond donors (Lipinski definition) is 2. The van der Waals surface area contributed by atoms with E-state index in [9.17, 15) is 5.11 Å². The topological polar surface area (TPSA) is 41.5 Å². The van der Waals surface area contributed by atoms with E-state index in [2.05, 4.69) is 59.0 Å². The van der Waals surface area contributed by atoms with E-state index < -0.39 is 6.10 Å². The number of benzene rings is 1. The molecule has 0 spiro atoms. The number of halogens is 1. The third-order valence-corrected chi connectivity index (χ3v) is 3.56. The van der Waals surface area contributed by atoms with Crippen molar-refractivity contribution in [3.8, 4) is 5.75 Å². The highest BCUT2D eigenvalue weighted by molar-refractivity contribution is 5.27. The highest BCUT2D eigenvalue weighted by Gasteiger charge is 2.25. The Labute approximate surface area is 148 Å². The molecule has 0 aliphatic heterocycles. The summed E-state index contributed by atoms with van der Waals surface area (Å²) < 4.78 is 5.64. The van der Waals surface area contributed by atoms with Gasteiger partial charge in [-0.15, -0.1) is 0 Å². The average molecular weight is 343 g/mol. The fraction of sp³-hybridized carbons (Fsp3) is 0.684. The van der Waals surface area contributed by atoms with Gasteiger partial charge in [-0.25, -0.2) is 0 Å². The van der Waals surface area contributed by atoms with Gasteiger partial charge in [-0.05, 0) is 49.8 Å². The van der Waals surface area contributed by atoms with Crippen LogP contribution in [0.15, 0.2) is 24.3 Å². The Kier molecular flexibility index (Phi) is 9.19. The molecule has 0 heterocycles. The van der Waals surface area contributed by atoms with E-state index in [1.54, 1.807) is 0 Å². The van der Waals surface area contributed by atoms with Crippen LogP contribution < -0.4 is 22.5 Å². The van der Waals surface area contributed by atoms with Crippen molar-refractivity contribution in [3.05, 3.63) is 29.8 Å². The first-order chi connectivity index (χ1) is 10.1.